The van der Waals surface area contributed by atoms with Gasteiger partial charge in [0.1, 0.15) is 11.6 Å². The smallest absolute Gasteiger partial charge is 0.475 e. The molecule has 0 unspecified atom stereocenters. The zero-order valence-corrected chi connectivity index (χ0v) is 25.7. The van der Waals surface area contributed by atoms with Crippen molar-refractivity contribution in [3.8, 4) is 11.1 Å². The zero-order valence-electron chi connectivity index (χ0n) is 24.9. The van der Waals surface area contributed by atoms with Crippen LogP contribution >= 0.6 is 0 Å². The summed E-state index contributed by atoms with van der Waals surface area (Å²) in [5.41, 5.74) is 9.75. The Balaban J connectivity index is 0.000000479. The molecule has 1 fully saturated rings. The second-order valence-corrected chi connectivity index (χ2v) is 11.9. The van der Waals surface area contributed by atoms with Crippen molar-refractivity contribution in [2.45, 2.75) is 36.6 Å². The van der Waals surface area contributed by atoms with Crippen LogP contribution in [0.2, 0.25) is 0 Å². The summed E-state index contributed by atoms with van der Waals surface area (Å²) >= 11 is 0. The Morgan fingerprint density at radius 2 is 1.40 bits per heavy atom. The van der Waals surface area contributed by atoms with E-state index >= 15 is 0 Å². The van der Waals surface area contributed by atoms with Gasteiger partial charge in [-0.25, -0.2) is 23.1 Å². The van der Waals surface area contributed by atoms with Gasteiger partial charge in [-0.05, 0) is 35.7 Å². The van der Waals surface area contributed by atoms with Crippen molar-refractivity contribution in [2.75, 3.05) is 13.1 Å². The standard InChI is InChI=1S/C26H28N4O3S.2C2HF3O2/c1-17(31)23-15-30(16-24(23)20-5-4-6-21(13-20)26(27)28)14-18-9-11-19(12-10-18)22-7-2-3-8-25(22)34(29,32)33;2*3-2(4,5)1(6)7/h2-13,23-24H,14-16H2,1H3,(H3,27,28)(H2,29,32,33);2*(H,6,7)/t23-,24-;;/m0../s1. The minimum atomic E-state index is -5.08. The van der Waals surface area contributed by atoms with Gasteiger partial charge in [-0.15, -0.1) is 0 Å². The third-order valence-electron chi connectivity index (χ3n) is 6.89. The number of carbonyl (C=O) groups is 3. The minimum absolute atomic E-state index is 0.0141. The second kappa shape index (κ2) is 15.9. The molecule has 0 amide bonds. The molecule has 0 radical (unpaired) electrons. The maximum absolute atomic E-state index is 12.4. The molecule has 0 aromatic heterocycles. The van der Waals surface area contributed by atoms with Crippen molar-refractivity contribution in [2.24, 2.45) is 16.8 Å². The molecule has 2 atom stereocenters. The summed E-state index contributed by atoms with van der Waals surface area (Å²) in [4.78, 5) is 32.6. The van der Waals surface area contributed by atoms with Crippen molar-refractivity contribution >= 4 is 33.6 Å². The molecular weight excluding hydrogens is 674 g/mol. The van der Waals surface area contributed by atoms with Gasteiger partial charge >= 0.3 is 24.3 Å². The van der Waals surface area contributed by atoms with Crippen LogP contribution in [0.1, 0.15) is 29.5 Å². The first-order chi connectivity index (χ1) is 22.0. The minimum Gasteiger partial charge on any atom is -0.475 e. The quantitative estimate of drug-likeness (QED) is 0.134. The first-order valence-electron chi connectivity index (χ1n) is 13.5. The summed E-state index contributed by atoms with van der Waals surface area (Å²) in [6.07, 6.45) is -10.2. The maximum Gasteiger partial charge on any atom is 0.490 e. The van der Waals surface area contributed by atoms with Crippen LogP contribution < -0.4 is 10.9 Å². The Bertz CT molecular complexity index is 1720. The molecule has 1 saturated heterocycles. The molecule has 7 N–H and O–H groups in total. The fourth-order valence-corrected chi connectivity index (χ4v) is 5.46. The lowest BCUT2D eigenvalue weighted by molar-refractivity contribution is -0.193. The van der Waals surface area contributed by atoms with Crippen LogP contribution in [-0.2, 0) is 31.0 Å². The summed E-state index contributed by atoms with van der Waals surface area (Å²) in [5.74, 6) is -5.43. The molecule has 0 aliphatic carbocycles. The van der Waals surface area contributed by atoms with Gasteiger partial charge in [0.15, 0.2) is 0 Å². The van der Waals surface area contributed by atoms with E-state index in [4.69, 9.17) is 36.1 Å². The fourth-order valence-electron chi connectivity index (χ4n) is 4.70. The van der Waals surface area contributed by atoms with Crippen molar-refractivity contribution in [1.29, 1.82) is 5.41 Å². The summed E-state index contributed by atoms with van der Waals surface area (Å²) in [6, 6.07) is 22.0. The van der Waals surface area contributed by atoms with Crippen LogP contribution in [0.3, 0.4) is 0 Å². The van der Waals surface area contributed by atoms with E-state index in [2.05, 4.69) is 4.90 Å². The summed E-state index contributed by atoms with van der Waals surface area (Å²) < 4.78 is 87.4. The number of carboxylic acid groups (broad SMARTS) is 2. The van der Waals surface area contributed by atoms with Gasteiger partial charge in [0.2, 0.25) is 10.0 Å². The van der Waals surface area contributed by atoms with E-state index in [0.29, 0.717) is 24.2 Å². The molecule has 0 spiro atoms. The summed E-state index contributed by atoms with van der Waals surface area (Å²) in [5, 5.41) is 27.3. The number of nitrogen functional groups attached to an aromatic ring is 1. The zero-order chi connectivity index (χ0) is 36.6. The summed E-state index contributed by atoms with van der Waals surface area (Å²) in [7, 11) is -3.83. The molecule has 18 heteroatoms. The Kier molecular flexibility index (Phi) is 13.0. The molecule has 0 saturated carbocycles. The predicted molar refractivity (Wildman–Crippen MR) is 160 cm³/mol. The molecule has 48 heavy (non-hydrogen) atoms. The molecule has 1 heterocycles. The second-order valence-electron chi connectivity index (χ2n) is 10.4. The van der Waals surface area contributed by atoms with E-state index in [-0.39, 0.29) is 28.4 Å². The molecule has 1 aliphatic rings. The monoisotopic (exact) mass is 704 g/mol. The van der Waals surface area contributed by atoms with E-state index in [1.807, 2.05) is 42.5 Å². The van der Waals surface area contributed by atoms with Crippen LogP contribution in [0.25, 0.3) is 11.1 Å². The summed E-state index contributed by atoms with van der Waals surface area (Å²) in [6.45, 7) is 3.68. The van der Waals surface area contributed by atoms with Crippen LogP contribution in [0.5, 0.6) is 0 Å². The Hall–Kier alpha value is -4.81. The average molecular weight is 705 g/mol. The fraction of sp³-hybridized carbons (Fsp3) is 0.267. The highest BCUT2D eigenvalue weighted by atomic mass is 32.2. The van der Waals surface area contributed by atoms with E-state index < -0.39 is 34.3 Å². The highest BCUT2D eigenvalue weighted by Crippen LogP contribution is 2.35. The number of ketones is 1. The molecule has 4 rings (SSSR count). The lowest BCUT2D eigenvalue weighted by Crippen LogP contribution is -2.22. The van der Waals surface area contributed by atoms with Gasteiger partial charge in [0.05, 0.1) is 4.90 Å². The number of benzene rings is 3. The number of Topliss-reactive ketones (excluding diaryl/α,β-unsaturated/α-hetero) is 1. The van der Waals surface area contributed by atoms with E-state index in [9.17, 15) is 39.6 Å². The van der Waals surface area contributed by atoms with E-state index in [1.54, 1.807) is 31.2 Å². The van der Waals surface area contributed by atoms with Gasteiger partial charge in [-0.3, -0.25) is 15.1 Å². The number of likely N-dealkylation sites (tertiary alicyclic amines) is 1. The Labute approximate surface area is 270 Å². The van der Waals surface area contributed by atoms with E-state index in [1.165, 1.54) is 6.07 Å². The van der Waals surface area contributed by atoms with Crippen molar-refractivity contribution < 1.29 is 59.4 Å². The number of primary sulfonamides is 1. The number of nitrogens with two attached hydrogens (primary N) is 2. The lowest BCUT2D eigenvalue weighted by Gasteiger charge is -2.17. The number of nitrogens with zero attached hydrogens (tertiary/aromatic N) is 1. The van der Waals surface area contributed by atoms with Crippen LogP contribution in [0.4, 0.5) is 26.3 Å². The Morgan fingerprint density at radius 3 is 1.85 bits per heavy atom. The number of halogens is 6. The highest BCUT2D eigenvalue weighted by Gasteiger charge is 2.39. The number of aliphatic carboxylic acids is 2. The normalized spacial score (nSPS) is 16.5. The third-order valence-corrected chi connectivity index (χ3v) is 7.86. The van der Waals surface area contributed by atoms with Gasteiger partial charge < -0.3 is 15.9 Å². The van der Waals surface area contributed by atoms with E-state index in [0.717, 1.165) is 23.2 Å². The van der Waals surface area contributed by atoms with Gasteiger partial charge in [0.25, 0.3) is 0 Å². The van der Waals surface area contributed by atoms with Crippen molar-refractivity contribution in [1.82, 2.24) is 4.90 Å². The number of hydrogen-bond acceptors (Lipinski definition) is 7. The molecular formula is C30H30F6N4O7S. The Morgan fingerprint density at radius 1 is 0.875 bits per heavy atom. The molecule has 3 aromatic rings. The lowest BCUT2D eigenvalue weighted by atomic mass is 9.86. The van der Waals surface area contributed by atoms with Crippen molar-refractivity contribution in [3.63, 3.8) is 0 Å². The van der Waals surface area contributed by atoms with Crippen LogP contribution in [0, 0.1) is 11.3 Å². The number of rotatable bonds is 7. The highest BCUT2D eigenvalue weighted by molar-refractivity contribution is 7.89. The maximum atomic E-state index is 12.4. The number of amidine groups is 1. The topological polar surface area (TPSA) is 205 Å². The van der Waals surface area contributed by atoms with Gasteiger partial charge in [-0.1, -0.05) is 60.7 Å². The van der Waals surface area contributed by atoms with Gasteiger partial charge in [0, 0.05) is 42.6 Å². The molecule has 260 valence electrons. The molecule has 11 nitrogen and oxygen atoms in total. The number of hydrogen-bond donors (Lipinski definition) is 5. The number of alkyl halides is 6. The van der Waals surface area contributed by atoms with Gasteiger partial charge in [-0.2, -0.15) is 26.3 Å². The average Bonchev–Trinajstić information content (AvgIpc) is 3.41. The number of carbonyl (C=O) groups excluding carboxylic acids is 1. The SMILES string of the molecule is CC(=O)[C@@H]1CN(Cc2ccc(-c3ccccc3S(N)(=O)=O)cc2)C[C@H]1c1cccc(C(=N)N)c1.O=C(O)C(F)(F)F.O=C(O)C(F)(F)F. The third kappa shape index (κ3) is 11.5. The first-order valence-corrected chi connectivity index (χ1v) is 15.1. The largest absolute Gasteiger partial charge is 0.490 e. The molecule has 3 aromatic carbocycles. The molecule has 1 aliphatic heterocycles. The van der Waals surface area contributed by atoms with Crippen LogP contribution in [-0.4, -0.2) is 72.5 Å². The molecule has 0 bridgehead atoms. The number of sulfonamides is 1. The van der Waals surface area contributed by atoms with Crippen LogP contribution in [0.15, 0.2) is 77.7 Å². The predicted octanol–water partition coefficient (Wildman–Crippen LogP) is 4.36. The number of carboxylic acids is 2. The first kappa shape index (κ1) is 39.4. The number of nitrogens with one attached hydrogen (secondary N) is 1. The van der Waals surface area contributed by atoms with Crippen molar-refractivity contribution in [3.05, 3.63) is 89.5 Å².